The Hall–Kier alpha value is -1.68. The molecular weight excluding hydrogens is 226 g/mol. The van der Waals surface area contributed by atoms with Crippen molar-refractivity contribution in [3.63, 3.8) is 0 Å². The number of hydrogen-bond acceptors (Lipinski definition) is 4. The van der Waals surface area contributed by atoms with E-state index in [1.54, 1.807) is 0 Å². The van der Waals surface area contributed by atoms with E-state index in [1.165, 1.54) is 0 Å². The number of benzene rings is 1. The van der Waals surface area contributed by atoms with Gasteiger partial charge in [-0.25, -0.2) is 0 Å². The minimum absolute atomic E-state index is 0.592. The van der Waals surface area contributed by atoms with Gasteiger partial charge in [0, 0.05) is 5.56 Å². The Labute approximate surface area is 107 Å². The Kier molecular flexibility index (Phi) is 4.10. The van der Waals surface area contributed by atoms with Crippen molar-refractivity contribution in [1.29, 1.82) is 0 Å². The summed E-state index contributed by atoms with van der Waals surface area (Å²) in [6.45, 7) is 7.94. The van der Waals surface area contributed by atoms with Gasteiger partial charge in [0.25, 0.3) is 0 Å². The third kappa shape index (κ3) is 3.17. The molecule has 1 aromatic heterocycles. The number of hydrogen-bond donors (Lipinski definition) is 1. The zero-order valence-electron chi connectivity index (χ0n) is 11.1. The van der Waals surface area contributed by atoms with Crippen molar-refractivity contribution in [1.82, 2.24) is 15.5 Å². The van der Waals surface area contributed by atoms with Crippen LogP contribution in [0.25, 0.3) is 11.5 Å². The first-order valence-electron chi connectivity index (χ1n) is 6.26. The SMILES string of the molecule is Cc1ccccc1-c1nnc(CNCC(C)C)o1. The fourth-order valence-electron chi connectivity index (χ4n) is 1.71. The van der Waals surface area contributed by atoms with Gasteiger partial charge in [-0.15, -0.1) is 10.2 Å². The van der Waals surface area contributed by atoms with Crippen LogP contribution < -0.4 is 5.32 Å². The van der Waals surface area contributed by atoms with Gasteiger partial charge in [-0.2, -0.15) is 0 Å². The predicted octanol–water partition coefficient (Wildman–Crippen LogP) is 2.79. The average Bonchev–Trinajstić information content (AvgIpc) is 2.78. The molecule has 4 heteroatoms. The highest BCUT2D eigenvalue weighted by Gasteiger charge is 2.09. The molecule has 0 radical (unpaired) electrons. The first-order chi connectivity index (χ1) is 8.66. The van der Waals surface area contributed by atoms with E-state index in [-0.39, 0.29) is 0 Å². The molecule has 0 atom stereocenters. The molecule has 4 nitrogen and oxygen atoms in total. The topological polar surface area (TPSA) is 51.0 Å². The van der Waals surface area contributed by atoms with Gasteiger partial charge in [-0.1, -0.05) is 32.0 Å². The number of nitrogens with one attached hydrogen (secondary N) is 1. The largest absolute Gasteiger partial charge is 0.419 e. The lowest BCUT2D eigenvalue weighted by Gasteiger charge is -2.03. The van der Waals surface area contributed by atoms with Gasteiger partial charge < -0.3 is 9.73 Å². The van der Waals surface area contributed by atoms with Crippen LogP contribution in [0.4, 0.5) is 0 Å². The molecule has 0 amide bonds. The third-order valence-electron chi connectivity index (χ3n) is 2.67. The highest BCUT2D eigenvalue weighted by atomic mass is 16.4. The second-order valence-electron chi connectivity index (χ2n) is 4.84. The Bertz CT molecular complexity index is 505. The quantitative estimate of drug-likeness (QED) is 0.880. The fraction of sp³-hybridized carbons (Fsp3) is 0.429. The molecule has 0 fully saturated rings. The lowest BCUT2D eigenvalue weighted by atomic mass is 10.1. The molecule has 1 aromatic carbocycles. The van der Waals surface area contributed by atoms with E-state index in [2.05, 4.69) is 29.4 Å². The van der Waals surface area contributed by atoms with Crippen LogP contribution in [0.5, 0.6) is 0 Å². The third-order valence-corrected chi connectivity index (χ3v) is 2.67. The number of aromatic nitrogens is 2. The first-order valence-corrected chi connectivity index (χ1v) is 6.26. The van der Waals surface area contributed by atoms with Crippen LogP contribution in [0.15, 0.2) is 28.7 Å². The smallest absolute Gasteiger partial charge is 0.248 e. The number of aryl methyl sites for hydroxylation is 1. The standard InChI is InChI=1S/C14H19N3O/c1-10(2)8-15-9-13-16-17-14(18-13)12-7-5-4-6-11(12)3/h4-7,10,15H,8-9H2,1-3H3. The van der Waals surface area contributed by atoms with Crippen molar-refractivity contribution in [2.45, 2.75) is 27.3 Å². The summed E-state index contributed by atoms with van der Waals surface area (Å²) in [7, 11) is 0. The van der Waals surface area contributed by atoms with Crippen molar-refractivity contribution in [2.75, 3.05) is 6.54 Å². The van der Waals surface area contributed by atoms with Gasteiger partial charge in [0.15, 0.2) is 0 Å². The van der Waals surface area contributed by atoms with Crippen LogP contribution in [0, 0.1) is 12.8 Å². The minimum atomic E-state index is 0.592. The van der Waals surface area contributed by atoms with Crippen molar-refractivity contribution in [3.05, 3.63) is 35.7 Å². The van der Waals surface area contributed by atoms with E-state index < -0.39 is 0 Å². The Morgan fingerprint density at radius 2 is 2.00 bits per heavy atom. The van der Waals surface area contributed by atoms with Crippen molar-refractivity contribution < 1.29 is 4.42 Å². The molecule has 96 valence electrons. The van der Waals surface area contributed by atoms with E-state index >= 15 is 0 Å². The molecule has 1 heterocycles. The molecule has 0 saturated carbocycles. The zero-order valence-corrected chi connectivity index (χ0v) is 11.1. The minimum Gasteiger partial charge on any atom is -0.419 e. The summed E-state index contributed by atoms with van der Waals surface area (Å²) in [4.78, 5) is 0. The maximum atomic E-state index is 5.65. The summed E-state index contributed by atoms with van der Waals surface area (Å²) < 4.78 is 5.65. The molecule has 2 rings (SSSR count). The van der Waals surface area contributed by atoms with E-state index in [4.69, 9.17) is 4.42 Å². The molecule has 0 spiro atoms. The summed E-state index contributed by atoms with van der Waals surface area (Å²) in [5, 5.41) is 11.4. The summed E-state index contributed by atoms with van der Waals surface area (Å²) >= 11 is 0. The van der Waals surface area contributed by atoms with Gasteiger partial charge in [0.2, 0.25) is 11.8 Å². The van der Waals surface area contributed by atoms with E-state index in [1.807, 2.05) is 31.2 Å². The number of rotatable bonds is 5. The van der Waals surface area contributed by atoms with Gasteiger partial charge in [-0.3, -0.25) is 0 Å². The van der Waals surface area contributed by atoms with E-state index in [0.29, 0.717) is 24.2 Å². The first kappa shape index (κ1) is 12.8. The van der Waals surface area contributed by atoms with Crippen LogP contribution >= 0.6 is 0 Å². The molecule has 2 aromatic rings. The predicted molar refractivity (Wildman–Crippen MR) is 71.0 cm³/mol. The summed E-state index contributed by atoms with van der Waals surface area (Å²) in [6, 6.07) is 8.01. The number of nitrogens with zero attached hydrogens (tertiary/aromatic N) is 2. The lowest BCUT2D eigenvalue weighted by Crippen LogP contribution is -2.19. The van der Waals surface area contributed by atoms with Gasteiger partial charge in [0.1, 0.15) is 0 Å². The van der Waals surface area contributed by atoms with Gasteiger partial charge in [-0.05, 0) is 31.0 Å². The van der Waals surface area contributed by atoms with Crippen LogP contribution in [-0.2, 0) is 6.54 Å². The van der Waals surface area contributed by atoms with Crippen LogP contribution in [-0.4, -0.2) is 16.7 Å². The lowest BCUT2D eigenvalue weighted by molar-refractivity contribution is 0.459. The van der Waals surface area contributed by atoms with E-state index in [0.717, 1.165) is 17.7 Å². The maximum Gasteiger partial charge on any atom is 0.248 e. The molecule has 1 N–H and O–H groups in total. The van der Waals surface area contributed by atoms with Crippen LogP contribution in [0.1, 0.15) is 25.3 Å². The Morgan fingerprint density at radius 3 is 2.72 bits per heavy atom. The van der Waals surface area contributed by atoms with Gasteiger partial charge >= 0.3 is 0 Å². The summed E-state index contributed by atoms with van der Waals surface area (Å²) in [5.41, 5.74) is 2.14. The second-order valence-corrected chi connectivity index (χ2v) is 4.84. The molecule has 0 aliphatic heterocycles. The van der Waals surface area contributed by atoms with E-state index in [9.17, 15) is 0 Å². The molecule has 0 aliphatic rings. The van der Waals surface area contributed by atoms with Gasteiger partial charge in [0.05, 0.1) is 6.54 Å². The highest BCUT2D eigenvalue weighted by molar-refractivity contribution is 5.57. The molecular formula is C14H19N3O. The Balaban J connectivity index is 2.04. The fourth-order valence-corrected chi connectivity index (χ4v) is 1.71. The van der Waals surface area contributed by atoms with Crippen molar-refractivity contribution >= 4 is 0 Å². The summed E-state index contributed by atoms with van der Waals surface area (Å²) in [5.74, 6) is 1.84. The van der Waals surface area contributed by atoms with Crippen LogP contribution in [0.3, 0.4) is 0 Å². The molecule has 18 heavy (non-hydrogen) atoms. The monoisotopic (exact) mass is 245 g/mol. The Morgan fingerprint density at radius 1 is 1.22 bits per heavy atom. The summed E-state index contributed by atoms with van der Waals surface area (Å²) in [6.07, 6.45) is 0. The molecule has 0 bridgehead atoms. The average molecular weight is 245 g/mol. The van der Waals surface area contributed by atoms with Crippen LogP contribution in [0.2, 0.25) is 0 Å². The maximum absolute atomic E-state index is 5.65. The van der Waals surface area contributed by atoms with Crippen molar-refractivity contribution in [3.8, 4) is 11.5 Å². The normalized spacial score (nSPS) is 11.1. The molecule has 0 aliphatic carbocycles. The molecule has 0 saturated heterocycles. The zero-order chi connectivity index (χ0) is 13.0. The highest BCUT2D eigenvalue weighted by Crippen LogP contribution is 2.21. The second kappa shape index (κ2) is 5.78. The molecule has 0 unspecified atom stereocenters. The van der Waals surface area contributed by atoms with Crippen molar-refractivity contribution in [2.24, 2.45) is 5.92 Å².